The van der Waals surface area contributed by atoms with Crippen molar-refractivity contribution in [1.29, 1.82) is 0 Å². The summed E-state index contributed by atoms with van der Waals surface area (Å²) in [5.74, 6) is 0.172. The van der Waals surface area contributed by atoms with Gasteiger partial charge in [-0.05, 0) is 43.9 Å². The van der Waals surface area contributed by atoms with Gasteiger partial charge in [-0.15, -0.1) is 0 Å². The predicted octanol–water partition coefficient (Wildman–Crippen LogP) is 2.09. The molecule has 0 radical (unpaired) electrons. The summed E-state index contributed by atoms with van der Waals surface area (Å²) in [6.45, 7) is 0. The van der Waals surface area contributed by atoms with Crippen LogP contribution < -0.4 is 20.5 Å². The van der Waals surface area contributed by atoms with Crippen LogP contribution in [0.15, 0.2) is 24.4 Å². The van der Waals surface area contributed by atoms with Crippen LogP contribution in [0.2, 0.25) is 0 Å². The van der Waals surface area contributed by atoms with Gasteiger partial charge in [0.15, 0.2) is 11.5 Å². The van der Waals surface area contributed by atoms with Crippen LogP contribution in [0.1, 0.15) is 46.4 Å². The molecule has 1 fully saturated rings. The van der Waals surface area contributed by atoms with Crippen molar-refractivity contribution in [2.75, 3.05) is 12.4 Å². The van der Waals surface area contributed by atoms with Crippen LogP contribution in [0.25, 0.3) is 0 Å². The molecule has 0 spiro atoms. The van der Waals surface area contributed by atoms with E-state index in [1.165, 1.54) is 6.20 Å². The first kappa shape index (κ1) is 16.8. The third-order valence-electron chi connectivity index (χ3n) is 4.16. The Kier molecular flexibility index (Phi) is 4.87. The molecule has 3 rings (SSSR count). The van der Waals surface area contributed by atoms with Gasteiger partial charge in [-0.1, -0.05) is 0 Å². The van der Waals surface area contributed by atoms with Gasteiger partial charge in [-0.2, -0.15) is 5.10 Å². The second kappa shape index (κ2) is 7.25. The minimum absolute atomic E-state index is 0.115. The molecule has 2 aromatic rings. The predicted molar refractivity (Wildman–Crippen MR) is 90.9 cm³/mol. The highest BCUT2D eigenvalue weighted by atomic mass is 16.5. The van der Waals surface area contributed by atoms with E-state index in [2.05, 4.69) is 15.5 Å². The van der Waals surface area contributed by atoms with Crippen LogP contribution in [0.4, 0.5) is 5.82 Å². The molecule has 8 nitrogen and oxygen atoms in total. The summed E-state index contributed by atoms with van der Waals surface area (Å²) < 4.78 is 11.3. The van der Waals surface area contributed by atoms with E-state index in [0.717, 1.165) is 25.7 Å². The molecule has 0 aliphatic heterocycles. The number of aromatic nitrogens is 2. The van der Waals surface area contributed by atoms with Crippen molar-refractivity contribution < 1.29 is 19.1 Å². The minimum Gasteiger partial charge on any atom is -0.493 e. The number of hydrogen-bond donors (Lipinski definition) is 3. The number of rotatable bonds is 6. The molecule has 8 heteroatoms. The smallest absolute Gasteiger partial charge is 0.256 e. The standard InChI is InChI=1S/C17H20N4O4/c1-24-13-7-6-10(8-14(13)25-11-4-2-3-5-11)17(23)20-16-12(15(18)22)9-19-21-16/h6-9,11H,2-5H2,1H3,(H2,18,22)(H2,19,20,21,23). The lowest BCUT2D eigenvalue weighted by Crippen LogP contribution is -2.18. The molecular formula is C17H20N4O4. The Hall–Kier alpha value is -3.03. The van der Waals surface area contributed by atoms with E-state index in [1.807, 2.05) is 0 Å². The van der Waals surface area contributed by atoms with Gasteiger partial charge in [-0.3, -0.25) is 14.7 Å². The van der Waals surface area contributed by atoms with Gasteiger partial charge in [0.05, 0.1) is 19.4 Å². The first-order valence-electron chi connectivity index (χ1n) is 8.07. The Balaban J connectivity index is 1.80. The van der Waals surface area contributed by atoms with Gasteiger partial charge in [0.1, 0.15) is 11.4 Å². The third-order valence-corrected chi connectivity index (χ3v) is 4.16. The summed E-state index contributed by atoms with van der Waals surface area (Å²) in [7, 11) is 1.56. The molecule has 25 heavy (non-hydrogen) atoms. The first-order valence-corrected chi connectivity index (χ1v) is 8.07. The van der Waals surface area contributed by atoms with Crippen molar-refractivity contribution in [3.8, 4) is 11.5 Å². The van der Waals surface area contributed by atoms with Crippen molar-refractivity contribution in [1.82, 2.24) is 10.2 Å². The molecule has 1 aliphatic rings. The van der Waals surface area contributed by atoms with E-state index in [9.17, 15) is 9.59 Å². The van der Waals surface area contributed by atoms with Gasteiger partial charge in [0, 0.05) is 5.56 Å². The topological polar surface area (TPSA) is 119 Å². The second-order valence-electron chi connectivity index (χ2n) is 5.87. The van der Waals surface area contributed by atoms with Crippen molar-refractivity contribution in [2.45, 2.75) is 31.8 Å². The van der Waals surface area contributed by atoms with E-state index in [1.54, 1.807) is 25.3 Å². The summed E-state index contributed by atoms with van der Waals surface area (Å²) in [5.41, 5.74) is 5.73. The maximum atomic E-state index is 12.5. The van der Waals surface area contributed by atoms with E-state index in [4.69, 9.17) is 15.2 Å². The summed E-state index contributed by atoms with van der Waals surface area (Å²) in [4.78, 5) is 23.8. The number of aromatic amines is 1. The van der Waals surface area contributed by atoms with Crippen molar-refractivity contribution in [2.24, 2.45) is 5.73 Å². The Morgan fingerprint density at radius 2 is 2.04 bits per heavy atom. The number of carbonyl (C=O) groups excluding carboxylic acids is 2. The second-order valence-corrected chi connectivity index (χ2v) is 5.87. The molecule has 1 aliphatic carbocycles. The fourth-order valence-electron chi connectivity index (χ4n) is 2.85. The van der Waals surface area contributed by atoms with Gasteiger partial charge in [0.2, 0.25) is 0 Å². The zero-order valence-electron chi connectivity index (χ0n) is 13.9. The highest BCUT2D eigenvalue weighted by Crippen LogP contribution is 2.32. The average Bonchev–Trinajstić information content (AvgIpc) is 3.26. The van der Waals surface area contributed by atoms with Crippen LogP contribution in [0, 0.1) is 0 Å². The lowest BCUT2D eigenvalue weighted by molar-refractivity contribution is 0.100. The third kappa shape index (κ3) is 3.73. The van der Waals surface area contributed by atoms with Crippen molar-refractivity contribution in [3.05, 3.63) is 35.5 Å². The number of anilines is 1. The largest absolute Gasteiger partial charge is 0.493 e. The number of primary amides is 1. The molecule has 0 saturated heterocycles. The molecule has 2 amide bonds. The average molecular weight is 344 g/mol. The molecule has 132 valence electrons. The number of hydrogen-bond acceptors (Lipinski definition) is 5. The molecule has 0 bridgehead atoms. The van der Waals surface area contributed by atoms with Crippen molar-refractivity contribution >= 4 is 17.6 Å². The van der Waals surface area contributed by atoms with Gasteiger partial charge in [-0.25, -0.2) is 0 Å². The number of carbonyl (C=O) groups is 2. The summed E-state index contributed by atoms with van der Waals surface area (Å²) >= 11 is 0. The quantitative estimate of drug-likeness (QED) is 0.741. The number of nitrogens with zero attached hydrogens (tertiary/aromatic N) is 1. The van der Waals surface area contributed by atoms with Gasteiger partial charge in [0.25, 0.3) is 11.8 Å². The van der Waals surface area contributed by atoms with Crippen LogP contribution >= 0.6 is 0 Å². The van der Waals surface area contributed by atoms with Crippen molar-refractivity contribution in [3.63, 3.8) is 0 Å². The Morgan fingerprint density at radius 3 is 2.72 bits per heavy atom. The van der Waals surface area contributed by atoms with E-state index in [-0.39, 0.29) is 17.5 Å². The maximum Gasteiger partial charge on any atom is 0.256 e. The fourth-order valence-corrected chi connectivity index (χ4v) is 2.85. The summed E-state index contributed by atoms with van der Waals surface area (Å²) in [6.07, 6.45) is 5.68. The molecule has 1 aromatic carbocycles. The molecule has 1 saturated carbocycles. The molecule has 1 heterocycles. The number of benzene rings is 1. The number of nitrogens with two attached hydrogens (primary N) is 1. The first-order chi connectivity index (χ1) is 12.1. The Morgan fingerprint density at radius 1 is 1.28 bits per heavy atom. The van der Waals surface area contributed by atoms with E-state index in [0.29, 0.717) is 17.1 Å². The molecule has 0 unspecified atom stereocenters. The molecule has 1 aromatic heterocycles. The maximum absolute atomic E-state index is 12.5. The Labute approximate surface area is 144 Å². The monoisotopic (exact) mass is 344 g/mol. The highest BCUT2D eigenvalue weighted by molar-refractivity contribution is 6.08. The Bertz CT molecular complexity index is 781. The SMILES string of the molecule is COc1ccc(C(=O)Nc2[nH]ncc2C(N)=O)cc1OC1CCCC1. The van der Waals surface area contributed by atoms with E-state index >= 15 is 0 Å². The van der Waals surface area contributed by atoms with Crippen LogP contribution in [-0.4, -0.2) is 35.2 Å². The number of ether oxygens (including phenoxy) is 2. The van der Waals surface area contributed by atoms with Crippen LogP contribution in [0.3, 0.4) is 0 Å². The fraction of sp³-hybridized carbons (Fsp3) is 0.353. The number of methoxy groups -OCH3 is 1. The summed E-state index contributed by atoms with van der Waals surface area (Å²) in [5, 5.41) is 8.86. The normalized spacial score (nSPS) is 14.3. The lowest BCUT2D eigenvalue weighted by Gasteiger charge is -2.16. The zero-order valence-corrected chi connectivity index (χ0v) is 13.9. The number of H-pyrrole nitrogens is 1. The number of nitrogens with one attached hydrogen (secondary N) is 2. The molecule has 0 atom stereocenters. The minimum atomic E-state index is -0.677. The van der Waals surface area contributed by atoms with Gasteiger partial charge < -0.3 is 20.5 Å². The zero-order chi connectivity index (χ0) is 17.8. The van der Waals surface area contributed by atoms with Gasteiger partial charge >= 0.3 is 0 Å². The van der Waals surface area contributed by atoms with Crippen LogP contribution in [0.5, 0.6) is 11.5 Å². The highest BCUT2D eigenvalue weighted by Gasteiger charge is 2.20. The molecule has 4 N–H and O–H groups in total. The summed E-state index contributed by atoms with van der Waals surface area (Å²) in [6, 6.07) is 4.93. The van der Waals surface area contributed by atoms with E-state index < -0.39 is 11.8 Å². The molecular weight excluding hydrogens is 324 g/mol. The van der Waals surface area contributed by atoms with Crippen LogP contribution in [-0.2, 0) is 0 Å². The number of amides is 2. The lowest BCUT2D eigenvalue weighted by atomic mass is 10.1.